The zero-order valence-corrected chi connectivity index (χ0v) is 17.9. The van der Waals surface area contributed by atoms with Crippen LogP contribution in [0.15, 0.2) is 60.7 Å². The van der Waals surface area contributed by atoms with Crippen molar-refractivity contribution in [2.45, 2.75) is 19.9 Å². The molecule has 1 heterocycles. The zero-order valence-electron chi connectivity index (χ0n) is 17.2. The van der Waals surface area contributed by atoms with Crippen molar-refractivity contribution >= 4 is 35.0 Å². The number of para-hydroxylation sites is 1. The summed E-state index contributed by atoms with van der Waals surface area (Å²) in [6.07, 6.45) is 4.17. The monoisotopic (exact) mass is 453 g/mol. The smallest absolute Gasteiger partial charge is 0.272 e. The lowest BCUT2D eigenvalue weighted by Crippen LogP contribution is -2.50. The van der Waals surface area contributed by atoms with Gasteiger partial charge in [-0.3, -0.25) is 24.5 Å². The van der Waals surface area contributed by atoms with Gasteiger partial charge in [-0.1, -0.05) is 54.9 Å². The van der Waals surface area contributed by atoms with Crippen LogP contribution in [-0.2, 0) is 16.1 Å². The third-order valence-electron chi connectivity index (χ3n) is 5.90. The van der Waals surface area contributed by atoms with Gasteiger partial charge in [0.2, 0.25) is 0 Å². The Kier molecular flexibility index (Phi) is 5.80. The molecule has 1 fully saturated rings. The number of nitro groups is 1. The molecule has 1 saturated heterocycles. The molecule has 2 aromatic rings. The van der Waals surface area contributed by atoms with Crippen LogP contribution >= 0.6 is 11.6 Å². The fourth-order valence-corrected chi connectivity index (χ4v) is 4.44. The van der Waals surface area contributed by atoms with Gasteiger partial charge >= 0.3 is 0 Å². The number of benzene rings is 2. The lowest BCUT2D eigenvalue weighted by atomic mass is 9.78. The molecule has 3 amide bonds. The third-order valence-corrected chi connectivity index (χ3v) is 6.15. The molecule has 0 unspecified atom stereocenters. The number of hydrogen-bond acceptors (Lipinski definition) is 5. The quantitative estimate of drug-likeness (QED) is 0.295. The van der Waals surface area contributed by atoms with E-state index in [9.17, 15) is 24.5 Å². The Labute approximate surface area is 189 Å². The van der Waals surface area contributed by atoms with Gasteiger partial charge in [0, 0.05) is 11.1 Å². The van der Waals surface area contributed by atoms with E-state index in [0.717, 1.165) is 10.0 Å². The molecule has 1 aliphatic heterocycles. The largest absolute Gasteiger partial charge is 0.282 e. The summed E-state index contributed by atoms with van der Waals surface area (Å²) in [7, 11) is 0. The standard InChI is InChI=1S/C23H20ClN3O5/c1-14-5-4-7-18-20(14)23(30)26(22(18)29)25(13-15-9-11-16(24)12-10-15)21(28)17-6-2-3-8-19(17)27(31)32/h2-6,8-12,14,18,20H,7,13H2,1H3/t14-,18-,20+/m1/s1. The summed E-state index contributed by atoms with van der Waals surface area (Å²) in [5.74, 6) is -3.04. The van der Waals surface area contributed by atoms with E-state index in [0.29, 0.717) is 17.0 Å². The first kappa shape index (κ1) is 21.7. The number of hydrazine groups is 1. The van der Waals surface area contributed by atoms with Crippen molar-refractivity contribution in [3.05, 3.63) is 86.9 Å². The number of nitro benzene ring substituents is 1. The number of carbonyl (C=O) groups excluding carboxylic acids is 3. The molecular formula is C23H20ClN3O5. The molecule has 0 N–H and O–H groups in total. The molecule has 0 spiro atoms. The van der Waals surface area contributed by atoms with Gasteiger partial charge in [-0.25, -0.2) is 5.01 Å². The summed E-state index contributed by atoms with van der Waals surface area (Å²) in [5.41, 5.74) is 0.0150. The fraction of sp³-hybridized carbons (Fsp3) is 0.261. The van der Waals surface area contributed by atoms with Gasteiger partial charge in [0.25, 0.3) is 23.4 Å². The van der Waals surface area contributed by atoms with Crippen LogP contribution in [0.2, 0.25) is 5.02 Å². The number of rotatable bonds is 5. The van der Waals surface area contributed by atoms with Gasteiger partial charge in [0.1, 0.15) is 5.56 Å². The Morgan fingerprint density at radius 2 is 1.84 bits per heavy atom. The van der Waals surface area contributed by atoms with Crippen LogP contribution in [0.3, 0.4) is 0 Å². The second kappa shape index (κ2) is 8.55. The average Bonchev–Trinajstić information content (AvgIpc) is 3.04. The predicted molar refractivity (Wildman–Crippen MR) is 116 cm³/mol. The van der Waals surface area contributed by atoms with Gasteiger partial charge in [-0.05, 0) is 36.1 Å². The van der Waals surface area contributed by atoms with E-state index in [1.54, 1.807) is 24.3 Å². The SMILES string of the molecule is C[C@@H]1C=CC[C@H]2C(=O)N(N(Cc3ccc(Cl)cc3)C(=O)c3ccccc3[N+](=O)[O-])C(=O)[C@@H]12. The van der Waals surface area contributed by atoms with Crippen LogP contribution in [0.1, 0.15) is 29.3 Å². The van der Waals surface area contributed by atoms with E-state index in [1.165, 1.54) is 24.3 Å². The van der Waals surface area contributed by atoms with Gasteiger partial charge in [0.05, 0.1) is 23.3 Å². The maximum Gasteiger partial charge on any atom is 0.282 e. The average molecular weight is 454 g/mol. The van der Waals surface area contributed by atoms with Crippen LogP contribution in [0, 0.1) is 27.9 Å². The minimum atomic E-state index is -0.798. The van der Waals surface area contributed by atoms with Crippen LogP contribution < -0.4 is 0 Å². The fourth-order valence-electron chi connectivity index (χ4n) is 4.32. The lowest BCUT2D eigenvalue weighted by molar-refractivity contribution is -0.385. The molecular weight excluding hydrogens is 434 g/mol. The number of hydrogen-bond donors (Lipinski definition) is 0. The first-order valence-corrected chi connectivity index (χ1v) is 10.5. The number of halogens is 1. The highest BCUT2D eigenvalue weighted by atomic mass is 35.5. The molecule has 2 aliphatic rings. The van der Waals surface area contributed by atoms with E-state index in [4.69, 9.17) is 11.6 Å². The van der Waals surface area contributed by atoms with Crippen molar-refractivity contribution in [1.29, 1.82) is 0 Å². The molecule has 1 aliphatic carbocycles. The van der Waals surface area contributed by atoms with E-state index < -0.39 is 40.2 Å². The van der Waals surface area contributed by atoms with Gasteiger partial charge in [-0.15, -0.1) is 0 Å². The summed E-state index contributed by atoms with van der Waals surface area (Å²) in [4.78, 5) is 51.0. The predicted octanol–water partition coefficient (Wildman–Crippen LogP) is 4.00. The minimum absolute atomic E-state index is 0.124. The molecule has 32 heavy (non-hydrogen) atoms. The van der Waals surface area contributed by atoms with E-state index >= 15 is 0 Å². The van der Waals surface area contributed by atoms with Gasteiger partial charge < -0.3 is 0 Å². The van der Waals surface area contributed by atoms with Gasteiger partial charge in [0.15, 0.2) is 0 Å². The highest BCUT2D eigenvalue weighted by molar-refractivity contribution is 6.30. The Bertz CT molecular complexity index is 1130. The van der Waals surface area contributed by atoms with Crippen molar-refractivity contribution in [2.75, 3.05) is 0 Å². The summed E-state index contributed by atoms with van der Waals surface area (Å²) in [6, 6.07) is 12.1. The van der Waals surface area contributed by atoms with Crippen LogP contribution in [0.25, 0.3) is 0 Å². The number of allylic oxidation sites excluding steroid dienone is 2. The van der Waals surface area contributed by atoms with Gasteiger partial charge in [-0.2, -0.15) is 5.01 Å². The first-order chi connectivity index (χ1) is 15.3. The molecule has 0 bridgehead atoms. The highest BCUT2D eigenvalue weighted by Gasteiger charge is 2.53. The van der Waals surface area contributed by atoms with Crippen molar-refractivity contribution in [2.24, 2.45) is 17.8 Å². The van der Waals surface area contributed by atoms with Crippen LogP contribution in [0.4, 0.5) is 5.69 Å². The molecule has 8 nitrogen and oxygen atoms in total. The Balaban J connectivity index is 1.77. The number of nitrogens with zero attached hydrogens (tertiary/aromatic N) is 3. The van der Waals surface area contributed by atoms with E-state index in [2.05, 4.69) is 0 Å². The molecule has 0 aromatic heterocycles. The Hall–Kier alpha value is -3.52. The number of imide groups is 1. The maximum absolute atomic E-state index is 13.5. The van der Waals surface area contributed by atoms with Crippen molar-refractivity contribution < 1.29 is 19.3 Å². The number of fused-ring (bicyclic) bond motifs is 1. The maximum atomic E-state index is 13.5. The zero-order chi connectivity index (χ0) is 23.0. The summed E-state index contributed by atoms with van der Waals surface area (Å²) < 4.78 is 0. The van der Waals surface area contributed by atoms with Crippen molar-refractivity contribution in [3.8, 4) is 0 Å². The topological polar surface area (TPSA) is 101 Å². The summed E-state index contributed by atoms with van der Waals surface area (Å²) in [6.45, 7) is 1.73. The van der Waals surface area contributed by atoms with E-state index in [-0.39, 0.29) is 18.0 Å². The number of carbonyl (C=O) groups is 3. The molecule has 2 aromatic carbocycles. The van der Waals surface area contributed by atoms with Crippen LogP contribution in [0.5, 0.6) is 0 Å². The van der Waals surface area contributed by atoms with E-state index in [1.807, 2.05) is 19.1 Å². The molecule has 0 radical (unpaired) electrons. The second-order valence-electron chi connectivity index (χ2n) is 7.91. The molecule has 3 atom stereocenters. The molecule has 0 saturated carbocycles. The highest BCUT2D eigenvalue weighted by Crippen LogP contribution is 2.40. The third kappa shape index (κ3) is 3.78. The molecule has 164 valence electrons. The first-order valence-electron chi connectivity index (χ1n) is 10.1. The second-order valence-corrected chi connectivity index (χ2v) is 8.34. The lowest BCUT2D eigenvalue weighted by Gasteiger charge is -2.30. The van der Waals surface area contributed by atoms with Crippen molar-refractivity contribution in [3.63, 3.8) is 0 Å². The Morgan fingerprint density at radius 3 is 2.50 bits per heavy atom. The van der Waals surface area contributed by atoms with Crippen LogP contribution in [-0.4, -0.2) is 32.7 Å². The Morgan fingerprint density at radius 1 is 1.16 bits per heavy atom. The normalized spacial score (nSPS) is 22.1. The number of amides is 3. The summed E-state index contributed by atoms with van der Waals surface area (Å²) >= 11 is 5.95. The summed E-state index contributed by atoms with van der Waals surface area (Å²) in [5, 5.41) is 13.9. The molecule has 9 heteroatoms. The minimum Gasteiger partial charge on any atom is -0.272 e. The molecule has 4 rings (SSSR count). The van der Waals surface area contributed by atoms with Crippen molar-refractivity contribution in [1.82, 2.24) is 10.0 Å².